The number of anilines is 1. The van der Waals surface area contributed by atoms with Crippen LogP contribution in [0.5, 0.6) is 5.75 Å². The number of hydrogen-bond donors (Lipinski definition) is 1. The zero-order chi connectivity index (χ0) is 27.8. The summed E-state index contributed by atoms with van der Waals surface area (Å²) >= 11 is 1.34. The van der Waals surface area contributed by atoms with E-state index >= 15 is 0 Å². The van der Waals surface area contributed by atoms with Gasteiger partial charge in [0.2, 0.25) is 5.91 Å². The SMILES string of the molecule is COC(=O)c1ccccc1NC(=O)CCSc1nc(-c2ccc(OC)cc2)cc(-c2ccc(C)cc2)c1C#N. The average molecular weight is 538 g/mol. The van der Waals surface area contributed by atoms with E-state index in [0.29, 0.717) is 27.7 Å². The lowest BCUT2D eigenvalue weighted by Gasteiger charge is -2.13. The molecule has 4 rings (SSSR count). The van der Waals surface area contributed by atoms with Gasteiger partial charge in [-0.05, 0) is 55.0 Å². The molecule has 0 radical (unpaired) electrons. The number of benzene rings is 3. The number of ether oxygens (including phenoxy) is 2. The second-order valence-corrected chi connectivity index (χ2v) is 9.71. The molecule has 0 aliphatic rings. The Bertz CT molecular complexity index is 1530. The van der Waals surface area contributed by atoms with Gasteiger partial charge in [-0.1, -0.05) is 42.0 Å². The molecule has 196 valence electrons. The van der Waals surface area contributed by atoms with Crippen LogP contribution in [0.2, 0.25) is 0 Å². The highest BCUT2D eigenvalue weighted by molar-refractivity contribution is 7.99. The third-order valence-corrected chi connectivity index (χ3v) is 7.00. The van der Waals surface area contributed by atoms with E-state index in [9.17, 15) is 14.9 Å². The van der Waals surface area contributed by atoms with E-state index in [0.717, 1.165) is 28.0 Å². The number of aryl methyl sites for hydroxylation is 1. The summed E-state index contributed by atoms with van der Waals surface area (Å²) in [6, 6.07) is 26.5. The van der Waals surface area contributed by atoms with Crippen LogP contribution in [0.15, 0.2) is 83.9 Å². The summed E-state index contributed by atoms with van der Waals surface area (Å²) in [6.45, 7) is 2.01. The standard InChI is InChI=1S/C31H27N3O4S/c1-20-8-10-21(11-9-20)25-18-28(22-12-14-23(37-2)15-13-22)34-30(26(25)19-32)39-17-16-29(35)33-27-7-5-4-6-24(27)31(36)38-3/h4-15,18H,16-17H2,1-3H3,(H,33,35). The van der Waals surface area contributed by atoms with Crippen molar-refractivity contribution in [3.05, 3.63) is 95.6 Å². The number of para-hydroxylation sites is 1. The molecule has 1 heterocycles. The largest absolute Gasteiger partial charge is 0.497 e. The summed E-state index contributed by atoms with van der Waals surface area (Å²) in [5, 5.41) is 13.4. The van der Waals surface area contributed by atoms with E-state index in [1.807, 2.05) is 61.5 Å². The fourth-order valence-electron chi connectivity index (χ4n) is 3.94. The third kappa shape index (κ3) is 6.64. The van der Waals surface area contributed by atoms with Crippen LogP contribution < -0.4 is 10.1 Å². The number of nitrogens with one attached hydrogen (secondary N) is 1. The first kappa shape index (κ1) is 27.4. The molecular weight excluding hydrogens is 510 g/mol. The van der Waals surface area contributed by atoms with Gasteiger partial charge < -0.3 is 14.8 Å². The fourth-order valence-corrected chi connectivity index (χ4v) is 4.88. The first-order valence-electron chi connectivity index (χ1n) is 12.2. The Kier molecular flexibility index (Phi) is 8.97. The number of aromatic nitrogens is 1. The molecule has 0 saturated carbocycles. The monoisotopic (exact) mass is 537 g/mol. The summed E-state index contributed by atoms with van der Waals surface area (Å²) in [5.41, 5.74) is 5.53. The number of nitrogens with zero attached hydrogens (tertiary/aromatic N) is 2. The molecule has 8 heteroatoms. The Hall–Kier alpha value is -4.61. The molecular formula is C31H27N3O4S. The normalized spacial score (nSPS) is 10.4. The average Bonchev–Trinajstić information content (AvgIpc) is 2.97. The van der Waals surface area contributed by atoms with E-state index in [1.54, 1.807) is 31.4 Å². The molecule has 0 saturated heterocycles. The summed E-state index contributed by atoms with van der Waals surface area (Å²) in [7, 11) is 2.91. The molecule has 0 unspecified atom stereocenters. The van der Waals surface area contributed by atoms with Crippen LogP contribution in [0.3, 0.4) is 0 Å². The molecule has 0 bridgehead atoms. The minimum Gasteiger partial charge on any atom is -0.497 e. The number of pyridine rings is 1. The molecule has 1 amide bonds. The molecule has 1 aromatic heterocycles. The van der Waals surface area contributed by atoms with Crippen LogP contribution in [-0.4, -0.2) is 36.8 Å². The van der Waals surface area contributed by atoms with Gasteiger partial charge in [0.1, 0.15) is 16.8 Å². The maximum atomic E-state index is 12.7. The van der Waals surface area contributed by atoms with Crippen molar-refractivity contribution in [1.29, 1.82) is 5.26 Å². The van der Waals surface area contributed by atoms with Gasteiger partial charge in [-0.15, -0.1) is 11.8 Å². The number of methoxy groups -OCH3 is 2. The van der Waals surface area contributed by atoms with Crippen LogP contribution in [0.4, 0.5) is 5.69 Å². The van der Waals surface area contributed by atoms with Gasteiger partial charge in [0.25, 0.3) is 0 Å². The predicted octanol–water partition coefficient (Wildman–Crippen LogP) is 6.51. The van der Waals surface area contributed by atoms with Crippen molar-refractivity contribution in [2.24, 2.45) is 0 Å². The van der Waals surface area contributed by atoms with Crippen molar-refractivity contribution in [3.63, 3.8) is 0 Å². The number of carbonyl (C=O) groups is 2. The Labute approximate surface area is 231 Å². The van der Waals surface area contributed by atoms with Gasteiger partial charge in [0.05, 0.1) is 36.7 Å². The minimum atomic E-state index is -0.526. The van der Waals surface area contributed by atoms with Crippen molar-refractivity contribution in [1.82, 2.24) is 4.98 Å². The highest BCUT2D eigenvalue weighted by Gasteiger charge is 2.17. The van der Waals surface area contributed by atoms with E-state index < -0.39 is 5.97 Å². The van der Waals surface area contributed by atoms with Gasteiger partial charge in [-0.25, -0.2) is 9.78 Å². The first-order valence-corrected chi connectivity index (χ1v) is 13.2. The number of carbonyl (C=O) groups excluding carboxylic acids is 2. The van der Waals surface area contributed by atoms with Crippen molar-refractivity contribution >= 4 is 29.3 Å². The zero-order valence-electron chi connectivity index (χ0n) is 21.9. The van der Waals surface area contributed by atoms with Gasteiger partial charge >= 0.3 is 5.97 Å². The molecule has 0 aliphatic heterocycles. The maximum Gasteiger partial charge on any atom is 0.339 e. The summed E-state index contributed by atoms with van der Waals surface area (Å²) in [5.74, 6) is 0.331. The van der Waals surface area contributed by atoms with Gasteiger partial charge in [0, 0.05) is 23.3 Å². The second kappa shape index (κ2) is 12.8. The fraction of sp³-hybridized carbons (Fsp3) is 0.161. The highest BCUT2D eigenvalue weighted by Crippen LogP contribution is 2.35. The molecule has 0 atom stereocenters. The second-order valence-electron chi connectivity index (χ2n) is 8.63. The zero-order valence-corrected chi connectivity index (χ0v) is 22.7. The van der Waals surface area contributed by atoms with Crippen LogP contribution in [0.1, 0.15) is 27.9 Å². The number of rotatable bonds is 9. The Morgan fingerprint density at radius 1 is 0.974 bits per heavy atom. The Morgan fingerprint density at radius 3 is 2.33 bits per heavy atom. The molecule has 39 heavy (non-hydrogen) atoms. The van der Waals surface area contributed by atoms with Crippen LogP contribution in [0.25, 0.3) is 22.4 Å². The van der Waals surface area contributed by atoms with E-state index in [4.69, 9.17) is 14.5 Å². The Balaban J connectivity index is 1.60. The molecule has 0 fully saturated rings. The smallest absolute Gasteiger partial charge is 0.339 e. The van der Waals surface area contributed by atoms with Crippen molar-refractivity contribution < 1.29 is 19.1 Å². The topological polar surface area (TPSA) is 101 Å². The van der Waals surface area contributed by atoms with Gasteiger partial charge in [-0.2, -0.15) is 5.26 Å². The molecule has 0 aliphatic carbocycles. The van der Waals surface area contributed by atoms with Gasteiger partial charge in [0.15, 0.2) is 0 Å². The minimum absolute atomic E-state index is 0.152. The van der Waals surface area contributed by atoms with E-state index in [1.165, 1.54) is 18.9 Å². The lowest BCUT2D eigenvalue weighted by Crippen LogP contribution is -2.15. The first-order chi connectivity index (χ1) is 18.9. The third-order valence-electron chi connectivity index (χ3n) is 6.02. The lowest BCUT2D eigenvalue weighted by molar-refractivity contribution is -0.115. The van der Waals surface area contributed by atoms with E-state index in [2.05, 4.69) is 11.4 Å². The van der Waals surface area contributed by atoms with Crippen LogP contribution in [-0.2, 0) is 9.53 Å². The molecule has 1 N–H and O–H groups in total. The van der Waals surface area contributed by atoms with E-state index in [-0.39, 0.29) is 17.9 Å². The molecule has 0 spiro atoms. The Morgan fingerprint density at radius 2 is 1.67 bits per heavy atom. The number of hydrogen-bond acceptors (Lipinski definition) is 7. The van der Waals surface area contributed by atoms with Crippen molar-refractivity contribution in [2.75, 3.05) is 25.3 Å². The number of nitriles is 1. The van der Waals surface area contributed by atoms with Crippen molar-refractivity contribution in [2.45, 2.75) is 18.4 Å². The maximum absolute atomic E-state index is 12.7. The molecule has 4 aromatic rings. The van der Waals surface area contributed by atoms with Crippen LogP contribution >= 0.6 is 11.8 Å². The summed E-state index contributed by atoms with van der Waals surface area (Å²) < 4.78 is 10.1. The number of thioether (sulfide) groups is 1. The summed E-state index contributed by atoms with van der Waals surface area (Å²) in [4.78, 5) is 29.5. The van der Waals surface area contributed by atoms with Gasteiger partial charge in [-0.3, -0.25) is 4.79 Å². The number of amides is 1. The predicted molar refractivity (Wildman–Crippen MR) is 153 cm³/mol. The number of esters is 1. The molecule has 3 aromatic carbocycles. The molecule has 7 nitrogen and oxygen atoms in total. The quantitative estimate of drug-likeness (QED) is 0.192. The van der Waals surface area contributed by atoms with Crippen molar-refractivity contribution in [3.8, 4) is 34.2 Å². The van der Waals surface area contributed by atoms with Crippen LogP contribution in [0, 0.1) is 18.3 Å². The lowest BCUT2D eigenvalue weighted by atomic mass is 9.98. The highest BCUT2D eigenvalue weighted by atomic mass is 32.2. The summed E-state index contributed by atoms with van der Waals surface area (Å²) in [6.07, 6.45) is 0.152.